The fraction of sp³-hybridized carbons (Fsp3) is 0.211. The minimum absolute atomic E-state index is 0.0489. The monoisotopic (exact) mass is 452 g/mol. The molecule has 0 saturated heterocycles. The van der Waals surface area contributed by atoms with Crippen LogP contribution in [0.2, 0.25) is 0 Å². The molecule has 5 nitrogen and oxygen atoms in total. The summed E-state index contributed by atoms with van der Waals surface area (Å²) in [6, 6.07) is 11.8. The Labute approximate surface area is 165 Å². The molecule has 3 aromatic rings. The molecule has 0 aliphatic carbocycles. The highest BCUT2D eigenvalue weighted by molar-refractivity contribution is 9.10. The van der Waals surface area contributed by atoms with Crippen LogP contribution in [-0.4, -0.2) is 19.9 Å². The molecule has 3 rings (SSSR count). The molecule has 0 saturated carbocycles. The summed E-state index contributed by atoms with van der Waals surface area (Å²) in [6.07, 6.45) is 0. The molecular formula is C19H18BrFN2O3S. The fourth-order valence-electron chi connectivity index (χ4n) is 2.34. The van der Waals surface area contributed by atoms with Gasteiger partial charge in [-0.05, 0) is 54.4 Å². The number of sulfone groups is 1. The summed E-state index contributed by atoms with van der Waals surface area (Å²) in [5.41, 5.74) is 0.645. The summed E-state index contributed by atoms with van der Waals surface area (Å²) >= 11 is 3.36. The lowest BCUT2D eigenvalue weighted by molar-refractivity contribution is 0.567. The van der Waals surface area contributed by atoms with E-state index in [2.05, 4.69) is 26.2 Å². The number of rotatable bonds is 6. The number of benzene rings is 2. The lowest BCUT2D eigenvalue weighted by Crippen LogP contribution is -2.11. The molecule has 142 valence electrons. The quantitative estimate of drug-likeness (QED) is 0.523. The summed E-state index contributed by atoms with van der Waals surface area (Å²) in [5, 5.41) is 2.79. The predicted octanol–water partition coefficient (Wildman–Crippen LogP) is 5.14. The highest BCUT2D eigenvalue weighted by Crippen LogP contribution is 2.33. The topological polar surface area (TPSA) is 72.2 Å². The zero-order valence-electron chi connectivity index (χ0n) is 14.7. The highest BCUT2D eigenvalue weighted by Gasteiger charge is 2.28. The van der Waals surface area contributed by atoms with Crippen LogP contribution in [0.3, 0.4) is 0 Å². The number of anilines is 1. The van der Waals surface area contributed by atoms with Gasteiger partial charge < -0.3 is 9.73 Å². The Balaban J connectivity index is 2.08. The van der Waals surface area contributed by atoms with E-state index in [1.807, 2.05) is 26.0 Å². The molecule has 0 aliphatic rings. The molecule has 1 aromatic heterocycles. The Morgan fingerprint density at radius 2 is 1.74 bits per heavy atom. The minimum Gasteiger partial charge on any atom is -0.419 e. The molecule has 0 spiro atoms. The van der Waals surface area contributed by atoms with Crippen LogP contribution >= 0.6 is 15.9 Å². The highest BCUT2D eigenvalue weighted by atomic mass is 79.9. The van der Waals surface area contributed by atoms with Crippen LogP contribution in [0.15, 0.2) is 67.3 Å². The van der Waals surface area contributed by atoms with Crippen LogP contribution in [0, 0.1) is 11.7 Å². The lowest BCUT2D eigenvalue weighted by atomic mass is 10.2. The third kappa shape index (κ3) is 4.39. The summed E-state index contributed by atoms with van der Waals surface area (Å²) in [5.74, 6) is 0.0239. The van der Waals surface area contributed by atoms with Crippen LogP contribution in [0.4, 0.5) is 10.3 Å². The maximum atomic E-state index is 13.2. The number of hydrogen-bond acceptors (Lipinski definition) is 5. The molecule has 8 heteroatoms. The maximum Gasteiger partial charge on any atom is 0.233 e. The van der Waals surface area contributed by atoms with E-state index in [1.54, 1.807) is 12.1 Å². The first-order valence-electron chi connectivity index (χ1n) is 8.28. The van der Waals surface area contributed by atoms with Crippen molar-refractivity contribution in [2.45, 2.75) is 23.8 Å². The van der Waals surface area contributed by atoms with E-state index in [0.29, 0.717) is 12.1 Å². The van der Waals surface area contributed by atoms with Crippen molar-refractivity contribution in [2.75, 3.05) is 11.9 Å². The Hall–Kier alpha value is -2.19. The first kappa shape index (κ1) is 19.6. The van der Waals surface area contributed by atoms with Gasteiger partial charge in [-0.2, -0.15) is 4.98 Å². The third-order valence-corrected chi connectivity index (χ3v) is 5.94. The summed E-state index contributed by atoms with van der Waals surface area (Å²) in [4.78, 5) is 4.18. The predicted molar refractivity (Wildman–Crippen MR) is 105 cm³/mol. The molecule has 2 aromatic carbocycles. The van der Waals surface area contributed by atoms with Crippen molar-refractivity contribution in [3.8, 4) is 11.5 Å². The molecule has 27 heavy (non-hydrogen) atoms. The molecule has 0 amide bonds. The second-order valence-electron chi connectivity index (χ2n) is 6.39. The first-order chi connectivity index (χ1) is 12.8. The Kier molecular flexibility index (Phi) is 5.67. The van der Waals surface area contributed by atoms with Crippen molar-refractivity contribution < 1.29 is 17.2 Å². The van der Waals surface area contributed by atoms with Gasteiger partial charge in [-0.3, -0.25) is 0 Å². The average Bonchev–Trinajstić information content (AvgIpc) is 3.06. The fourth-order valence-corrected chi connectivity index (χ4v) is 3.88. The van der Waals surface area contributed by atoms with E-state index < -0.39 is 15.7 Å². The number of oxazole rings is 1. The van der Waals surface area contributed by atoms with E-state index in [0.717, 1.165) is 16.6 Å². The maximum absolute atomic E-state index is 13.2. The SMILES string of the molecule is CC(C)CNc1oc(-c2ccc(Br)cc2)nc1S(=O)(=O)c1ccc(F)cc1. The summed E-state index contributed by atoms with van der Waals surface area (Å²) in [7, 11) is -3.97. The van der Waals surface area contributed by atoms with Gasteiger partial charge in [0.1, 0.15) is 5.82 Å². The molecule has 1 N–H and O–H groups in total. The van der Waals surface area contributed by atoms with Crippen molar-refractivity contribution in [2.24, 2.45) is 5.92 Å². The van der Waals surface area contributed by atoms with Gasteiger partial charge in [0.05, 0.1) is 4.90 Å². The smallest absolute Gasteiger partial charge is 0.233 e. The van der Waals surface area contributed by atoms with Crippen LogP contribution in [0.1, 0.15) is 13.8 Å². The zero-order chi connectivity index (χ0) is 19.6. The van der Waals surface area contributed by atoms with Crippen molar-refractivity contribution >= 4 is 31.7 Å². The van der Waals surface area contributed by atoms with Gasteiger partial charge >= 0.3 is 0 Å². The van der Waals surface area contributed by atoms with E-state index in [4.69, 9.17) is 4.42 Å². The summed E-state index contributed by atoms with van der Waals surface area (Å²) in [6.45, 7) is 4.50. The lowest BCUT2D eigenvalue weighted by Gasteiger charge is -2.08. The van der Waals surface area contributed by atoms with E-state index in [-0.39, 0.29) is 27.6 Å². The third-order valence-electron chi connectivity index (χ3n) is 3.74. The molecule has 1 heterocycles. The van der Waals surface area contributed by atoms with Crippen LogP contribution in [-0.2, 0) is 9.84 Å². The van der Waals surface area contributed by atoms with Crippen molar-refractivity contribution in [3.05, 3.63) is 58.8 Å². The van der Waals surface area contributed by atoms with E-state index >= 15 is 0 Å². The molecular weight excluding hydrogens is 435 g/mol. The van der Waals surface area contributed by atoms with Crippen LogP contribution < -0.4 is 5.32 Å². The second kappa shape index (κ2) is 7.82. The number of hydrogen-bond donors (Lipinski definition) is 1. The van der Waals surface area contributed by atoms with Crippen molar-refractivity contribution in [1.29, 1.82) is 0 Å². The first-order valence-corrected chi connectivity index (χ1v) is 10.6. The number of nitrogens with one attached hydrogen (secondary N) is 1. The van der Waals surface area contributed by atoms with E-state index in [9.17, 15) is 12.8 Å². The molecule has 0 bridgehead atoms. The zero-order valence-corrected chi connectivity index (χ0v) is 17.1. The van der Waals surface area contributed by atoms with Crippen LogP contribution in [0.25, 0.3) is 11.5 Å². The van der Waals surface area contributed by atoms with Crippen molar-refractivity contribution in [3.63, 3.8) is 0 Å². The average molecular weight is 453 g/mol. The molecule has 0 fully saturated rings. The number of halogens is 2. The molecule has 0 radical (unpaired) electrons. The molecule has 0 unspecified atom stereocenters. The Morgan fingerprint density at radius 3 is 2.33 bits per heavy atom. The van der Waals surface area contributed by atoms with Crippen molar-refractivity contribution in [1.82, 2.24) is 4.98 Å². The Morgan fingerprint density at radius 1 is 1.11 bits per heavy atom. The minimum atomic E-state index is -3.97. The second-order valence-corrected chi connectivity index (χ2v) is 9.17. The number of aromatic nitrogens is 1. The van der Waals surface area contributed by atoms with Gasteiger partial charge in [-0.1, -0.05) is 29.8 Å². The van der Waals surface area contributed by atoms with Gasteiger partial charge in [0, 0.05) is 16.6 Å². The van der Waals surface area contributed by atoms with Gasteiger partial charge in [0.15, 0.2) is 0 Å². The van der Waals surface area contributed by atoms with Crippen LogP contribution in [0.5, 0.6) is 0 Å². The van der Waals surface area contributed by atoms with E-state index in [1.165, 1.54) is 12.1 Å². The van der Waals surface area contributed by atoms with Gasteiger partial charge in [0.25, 0.3) is 0 Å². The van der Waals surface area contributed by atoms with Gasteiger partial charge in [0.2, 0.25) is 26.6 Å². The molecule has 0 atom stereocenters. The largest absolute Gasteiger partial charge is 0.419 e. The number of nitrogens with zero attached hydrogens (tertiary/aromatic N) is 1. The van der Waals surface area contributed by atoms with Gasteiger partial charge in [-0.15, -0.1) is 0 Å². The van der Waals surface area contributed by atoms with Gasteiger partial charge in [-0.25, -0.2) is 12.8 Å². The Bertz CT molecular complexity index is 1030. The summed E-state index contributed by atoms with van der Waals surface area (Å²) < 4.78 is 45.8. The molecule has 0 aliphatic heterocycles. The standard InChI is InChI=1S/C19H18BrFN2O3S/c1-12(2)11-22-18-19(27(24,25)16-9-7-15(21)8-10-16)23-17(26-18)13-3-5-14(20)6-4-13/h3-10,12,22H,11H2,1-2H3. The normalized spacial score (nSPS) is 11.7.